The number of fused-ring (bicyclic) bond motifs is 1. The molecule has 5 rings (SSSR count). The summed E-state index contributed by atoms with van der Waals surface area (Å²) in [5.41, 5.74) is 2.81. The van der Waals surface area contributed by atoms with Crippen molar-refractivity contribution in [2.45, 2.75) is 45.5 Å². The van der Waals surface area contributed by atoms with E-state index in [1.165, 1.54) is 19.1 Å². The summed E-state index contributed by atoms with van der Waals surface area (Å²) in [6.45, 7) is 4.95. The van der Waals surface area contributed by atoms with Crippen molar-refractivity contribution in [1.82, 2.24) is 14.8 Å². The zero-order valence-corrected chi connectivity index (χ0v) is 24.9. The summed E-state index contributed by atoms with van der Waals surface area (Å²) in [6.07, 6.45) is 7.15. The molecule has 2 unspecified atom stereocenters. The highest BCUT2D eigenvalue weighted by atomic mass is 31.1. The number of nitrogens with one attached hydrogen (secondary N) is 1. The number of nitrogens with zero attached hydrogens (tertiary/aromatic N) is 5. The summed E-state index contributed by atoms with van der Waals surface area (Å²) < 4.78 is 48.9. The van der Waals surface area contributed by atoms with Crippen molar-refractivity contribution < 1.29 is 27.8 Å². The molecule has 2 aliphatic rings. The van der Waals surface area contributed by atoms with Crippen LogP contribution in [0.2, 0.25) is 0 Å². The van der Waals surface area contributed by atoms with Crippen LogP contribution in [0.25, 0.3) is 5.57 Å². The molecule has 222 valence electrons. The van der Waals surface area contributed by atoms with Gasteiger partial charge in [0.15, 0.2) is 23.1 Å². The summed E-state index contributed by atoms with van der Waals surface area (Å²) in [5, 5.41) is 12.7. The van der Waals surface area contributed by atoms with Gasteiger partial charge in [-0.3, -0.25) is 19.5 Å². The first kappa shape index (κ1) is 29.6. The molecule has 0 spiro atoms. The van der Waals surface area contributed by atoms with Crippen molar-refractivity contribution in [3.05, 3.63) is 65.0 Å². The molecule has 13 heteroatoms. The van der Waals surface area contributed by atoms with Gasteiger partial charge in [-0.15, -0.1) is 8.58 Å². The van der Waals surface area contributed by atoms with Gasteiger partial charge in [-0.1, -0.05) is 5.82 Å². The minimum absolute atomic E-state index is 0.0831. The summed E-state index contributed by atoms with van der Waals surface area (Å²) in [5.74, 6) is -0.617. The van der Waals surface area contributed by atoms with E-state index in [1.807, 2.05) is 18.7 Å². The van der Waals surface area contributed by atoms with Crippen molar-refractivity contribution in [3.8, 4) is 11.5 Å². The second-order valence-electron chi connectivity index (χ2n) is 10.1. The molecule has 1 saturated heterocycles. The highest BCUT2D eigenvalue weighted by molar-refractivity contribution is 7.41. The third-order valence-corrected chi connectivity index (χ3v) is 7.85. The fourth-order valence-electron chi connectivity index (χ4n) is 5.20. The molecule has 2 amide bonds. The molecule has 0 aliphatic carbocycles. The molecule has 2 aliphatic heterocycles. The maximum Gasteiger partial charge on any atom is 0.329 e. The van der Waals surface area contributed by atoms with Gasteiger partial charge >= 0.3 is 6.03 Å². The third kappa shape index (κ3) is 5.73. The van der Waals surface area contributed by atoms with Gasteiger partial charge < -0.3 is 19.6 Å². The van der Waals surface area contributed by atoms with Gasteiger partial charge in [-0.2, -0.15) is 5.10 Å². The average molecular weight is 599 g/mol. The van der Waals surface area contributed by atoms with Crippen molar-refractivity contribution in [2.24, 2.45) is 0 Å². The van der Waals surface area contributed by atoms with Gasteiger partial charge in [-0.25, -0.2) is 13.6 Å². The Balaban J connectivity index is 1.58. The van der Waals surface area contributed by atoms with Crippen LogP contribution in [0, 0.1) is 17.0 Å². The number of carbonyl (C=O) groups is 1. The minimum atomic E-state index is -1.02. The number of rotatable bonds is 10. The maximum atomic E-state index is 15.6. The lowest BCUT2D eigenvalue weighted by atomic mass is 10.0. The number of aromatic nitrogens is 3. The second kappa shape index (κ2) is 12.5. The van der Waals surface area contributed by atoms with Crippen LogP contribution in [-0.2, 0) is 24.4 Å². The molecule has 1 N–H and O–H groups in total. The number of urea groups is 1. The van der Waals surface area contributed by atoms with Crippen LogP contribution >= 0.6 is 8.58 Å². The molecule has 1 fully saturated rings. The van der Waals surface area contributed by atoms with Gasteiger partial charge in [0, 0.05) is 47.5 Å². The fourth-order valence-corrected chi connectivity index (χ4v) is 5.86. The molecular weight excluding hydrogens is 565 g/mol. The number of allylic oxidation sites excluding steroid dienone is 1. The van der Waals surface area contributed by atoms with E-state index in [1.54, 1.807) is 30.1 Å². The third-order valence-electron chi connectivity index (χ3n) is 7.27. The number of amides is 2. The van der Waals surface area contributed by atoms with Crippen LogP contribution in [0.15, 0.2) is 36.5 Å². The van der Waals surface area contributed by atoms with Gasteiger partial charge in [0.25, 0.3) is 0 Å². The lowest BCUT2D eigenvalue weighted by Gasteiger charge is -2.37. The number of hydrogen-bond acceptors (Lipinski definition) is 7. The quantitative estimate of drug-likeness (QED) is 0.241. The predicted octanol–water partition coefficient (Wildman–Crippen LogP) is 5.59. The summed E-state index contributed by atoms with van der Waals surface area (Å²) in [6, 6.07) is 2.21. The number of pyridine rings is 1. The van der Waals surface area contributed by atoms with Crippen LogP contribution < -0.4 is 19.3 Å². The molecule has 2 atom stereocenters. The Bertz CT molecular complexity index is 1510. The van der Waals surface area contributed by atoms with Crippen molar-refractivity contribution >= 4 is 37.3 Å². The predicted molar refractivity (Wildman–Crippen MR) is 158 cm³/mol. The molecule has 42 heavy (non-hydrogen) atoms. The van der Waals surface area contributed by atoms with Crippen LogP contribution in [0.5, 0.6) is 11.5 Å². The topological polar surface area (TPSA) is 106 Å². The van der Waals surface area contributed by atoms with E-state index in [2.05, 4.69) is 10.1 Å². The summed E-state index contributed by atoms with van der Waals surface area (Å²) in [7, 11) is 2.96. The van der Waals surface area contributed by atoms with E-state index in [-0.39, 0.29) is 30.7 Å². The minimum Gasteiger partial charge on any atom is -0.493 e. The molecule has 0 saturated carbocycles. The van der Waals surface area contributed by atoms with E-state index in [0.29, 0.717) is 43.4 Å². The van der Waals surface area contributed by atoms with Gasteiger partial charge in [0.1, 0.15) is 5.69 Å². The second-order valence-corrected chi connectivity index (χ2v) is 11.0. The Hall–Kier alpha value is -3.89. The Kier molecular flexibility index (Phi) is 8.84. The van der Waals surface area contributed by atoms with E-state index in [4.69, 9.17) is 19.6 Å². The first-order valence-corrected chi connectivity index (χ1v) is 15.1. The Morgan fingerprint density at radius 1 is 1.21 bits per heavy atom. The number of anilines is 2. The van der Waals surface area contributed by atoms with E-state index in [0.717, 1.165) is 36.0 Å². The smallest absolute Gasteiger partial charge is 0.329 e. The normalized spacial score (nSPS) is 17.3. The molecule has 1 aromatic carbocycles. The maximum absolute atomic E-state index is 15.6. The lowest BCUT2D eigenvalue weighted by Crippen LogP contribution is -2.47. The number of hydrogen-bond donors (Lipinski definition) is 1. The van der Waals surface area contributed by atoms with Crippen LogP contribution in [0.4, 0.5) is 25.0 Å². The van der Waals surface area contributed by atoms with E-state index < -0.39 is 23.4 Å². The van der Waals surface area contributed by atoms with Crippen LogP contribution in [0.3, 0.4) is 0 Å². The first-order chi connectivity index (χ1) is 20.2. The van der Waals surface area contributed by atoms with Crippen LogP contribution in [0.1, 0.15) is 36.6 Å². The van der Waals surface area contributed by atoms with Gasteiger partial charge in [-0.05, 0) is 32.5 Å². The first-order valence-electron chi connectivity index (χ1n) is 13.5. The highest BCUT2D eigenvalue weighted by Crippen LogP contribution is 2.41. The Labute approximate surface area is 244 Å². The number of halogens is 2. The fraction of sp³-hybridized carbons (Fsp3) is 0.379. The SMILES string of the molecule is COc1cc(OC)c(F)c(N2Cc3cnc(/C(=C/PC)C(C)=N)cc3N(Cc3cnn(CC4CCCO4)c3)C2=O)c1F. The summed E-state index contributed by atoms with van der Waals surface area (Å²) in [4.78, 5) is 21.2. The number of benzene rings is 1. The number of methoxy groups -OCH3 is 2. The van der Waals surface area contributed by atoms with Crippen LogP contribution in [-0.4, -0.2) is 60.1 Å². The van der Waals surface area contributed by atoms with E-state index in [9.17, 15) is 4.79 Å². The summed E-state index contributed by atoms with van der Waals surface area (Å²) >= 11 is 0. The van der Waals surface area contributed by atoms with E-state index >= 15 is 8.78 Å². The molecule has 0 bridgehead atoms. The van der Waals surface area contributed by atoms with Crippen molar-refractivity contribution in [1.29, 1.82) is 5.41 Å². The Morgan fingerprint density at radius 2 is 1.95 bits per heavy atom. The largest absolute Gasteiger partial charge is 0.493 e. The molecule has 0 radical (unpaired) electrons. The molecule has 10 nitrogen and oxygen atoms in total. The van der Waals surface area contributed by atoms with Crippen molar-refractivity contribution in [2.75, 3.05) is 37.3 Å². The van der Waals surface area contributed by atoms with Crippen molar-refractivity contribution in [3.63, 3.8) is 0 Å². The molecule has 3 aromatic rings. The Morgan fingerprint density at radius 3 is 2.57 bits per heavy atom. The molecular formula is C29H33F2N6O4P. The lowest BCUT2D eigenvalue weighted by molar-refractivity contribution is 0.0940. The average Bonchev–Trinajstić information content (AvgIpc) is 3.66. The number of carbonyl (C=O) groups excluding carboxylic acids is 1. The standard InChI is InChI=1S/C29H33F2N6O4P/c1-17(32)21(16-42-4)22-8-23-19(11-33-22)14-37(28-26(30)24(39-2)9-25(40-3)27(28)31)29(38)36(23)13-18-10-34-35(12-18)15-20-6-5-7-41-20/h8-12,16,20,32,42H,5-7,13-15H2,1-4H3/b21-16+,32-17?. The zero-order valence-electron chi connectivity index (χ0n) is 23.9. The molecule has 2 aromatic heterocycles. The highest BCUT2D eigenvalue weighted by Gasteiger charge is 2.37. The van der Waals surface area contributed by atoms with Gasteiger partial charge in [0.05, 0.1) is 57.5 Å². The molecule has 4 heterocycles. The van der Waals surface area contributed by atoms with Gasteiger partial charge in [0.2, 0.25) is 0 Å². The number of ether oxygens (including phenoxy) is 3. The monoisotopic (exact) mass is 598 g/mol. The zero-order chi connectivity index (χ0) is 30.0.